The van der Waals surface area contributed by atoms with Crippen LogP contribution in [0.15, 0.2) is 42.4 Å². The zero-order valence-corrected chi connectivity index (χ0v) is 17.9. The van der Waals surface area contributed by atoms with E-state index in [2.05, 4.69) is 36.8 Å². The molecule has 27 heavy (non-hydrogen) atoms. The first-order chi connectivity index (χ1) is 13.0. The maximum Gasteiger partial charge on any atom is 0.347 e. The predicted molar refractivity (Wildman–Crippen MR) is 111 cm³/mol. The Balaban J connectivity index is 2.05. The van der Waals surface area contributed by atoms with Gasteiger partial charge in [0.15, 0.2) is 11.5 Å². The molecule has 0 saturated carbocycles. The summed E-state index contributed by atoms with van der Waals surface area (Å²) in [5.41, 5.74) is 0.828. The molecule has 0 aliphatic carbocycles. The Morgan fingerprint density at radius 1 is 0.963 bits per heavy atom. The fraction of sp³-hybridized carbons (Fsp3) is 0.158. The molecule has 3 aromatic rings. The zero-order chi connectivity index (χ0) is 19.6. The molecule has 0 bridgehead atoms. The van der Waals surface area contributed by atoms with Gasteiger partial charge in [0, 0.05) is 15.0 Å². The minimum atomic E-state index is -0.466. The highest BCUT2D eigenvalue weighted by molar-refractivity contribution is 9.11. The Bertz CT molecular complexity index is 1070. The summed E-state index contributed by atoms with van der Waals surface area (Å²) >= 11 is 6.77. The molecule has 0 aliphatic rings. The lowest BCUT2D eigenvalue weighted by molar-refractivity contribution is 0.324. The summed E-state index contributed by atoms with van der Waals surface area (Å²) in [5, 5.41) is 0.390. The number of hydrogen-bond donors (Lipinski definition) is 0. The van der Waals surface area contributed by atoms with Crippen molar-refractivity contribution in [1.82, 2.24) is 4.98 Å². The van der Waals surface area contributed by atoms with Gasteiger partial charge >= 0.3 is 5.63 Å². The number of fused-ring (bicyclic) bond motifs is 1. The topological polar surface area (TPSA) is 70.8 Å². The molecular weight excluding hydrogens is 482 g/mol. The van der Waals surface area contributed by atoms with Gasteiger partial charge in [-0.05, 0) is 51.8 Å². The van der Waals surface area contributed by atoms with E-state index in [0.717, 1.165) is 10.0 Å². The number of rotatable bonds is 5. The lowest BCUT2D eigenvalue weighted by Crippen LogP contribution is -2.03. The van der Waals surface area contributed by atoms with Crippen molar-refractivity contribution in [2.45, 2.75) is 0 Å². The van der Waals surface area contributed by atoms with E-state index in [0.29, 0.717) is 32.6 Å². The highest BCUT2D eigenvalue weighted by atomic mass is 79.9. The van der Waals surface area contributed by atoms with Crippen LogP contribution in [0, 0.1) is 0 Å². The maximum absolute atomic E-state index is 12.3. The van der Waals surface area contributed by atoms with Crippen LogP contribution in [-0.4, -0.2) is 26.3 Å². The normalized spacial score (nSPS) is 11.1. The molecule has 1 heterocycles. The number of methoxy groups -OCH3 is 3. The molecule has 0 amide bonds. The molecule has 1 aromatic heterocycles. The second kappa shape index (κ2) is 8.14. The first-order valence-corrected chi connectivity index (χ1v) is 9.33. The van der Waals surface area contributed by atoms with E-state index in [4.69, 9.17) is 18.6 Å². The summed E-state index contributed by atoms with van der Waals surface area (Å²) in [5.74, 6) is 1.74. The van der Waals surface area contributed by atoms with Crippen LogP contribution in [0.3, 0.4) is 0 Å². The summed E-state index contributed by atoms with van der Waals surface area (Å²) < 4.78 is 22.7. The van der Waals surface area contributed by atoms with Gasteiger partial charge in [0.25, 0.3) is 0 Å². The molecule has 0 radical (unpaired) electrons. The zero-order valence-electron chi connectivity index (χ0n) is 14.7. The molecule has 2 aromatic carbocycles. The minimum absolute atomic E-state index is 0.185. The predicted octanol–water partition coefficient (Wildman–Crippen LogP) is 4.91. The lowest BCUT2D eigenvalue weighted by atomic mass is 10.1. The van der Waals surface area contributed by atoms with E-state index in [1.807, 2.05) is 6.07 Å². The SMILES string of the molecule is COc1cc(/C=C/c2nc3c(Br)cc(Br)cc3c(=O)o2)cc(OC)c1OC. The van der Waals surface area contributed by atoms with Crippen LogP contribution in [0.25, 0.3) is 23.1 Å². The Morgan fingerprint density at radius 3 is 2.22 bits per heavy atom. The number of benzene rings is 2. The van der Waals surface area contributed by atoms with Gasteiger partial charge in [0.2, 0.25) is 11.6 Å². The molecule has 0 saturated heterocycles. The molecule has 140 valence electrons. The summed E-state index contributed by atoms with van der Waals surface area (Å²) in [4.78, 5) is 16.7. The standard InChI is InChI=1S/C19H15Br2NO5/c1-24-14-6-10(7-15(25-2)18(14)26-3)4-5-16-22-17-12(19(23)27-16)8-11(20)9-13(17)21/h4-9H,1-3H3/b5-4+. The van der Waals surface area contributed by atoms with E-state index < -0.39 is 5.63 Å². The van der Waals surface area contributed by atoms with Crippen molar-refractivity contribution in [2.75, 3.05) is 21.3 Å². The van der Waals surface area contributed by atoms with Gasteiger partial charge < -0.3 is 18.6 Å². The Morgan fingerprint density at radius 2 is 1.63 bits per heavy atom. The minimum Gasteiger partial charge on any atom is -0.493 e. The third kappa shape index (κ3) is 4.01. The van der Waals surface area contributed by atoms with Gasteiger partial charge in [0.05, 0.1) is 32.2 Å². The molecule has 0 aliphatic heterocycles. The molecule has 6 nitrogen and oxygen atoms in total. The van der Waals surface area contributed by atoms with Crippen molar-refractivity contribution in [2.24, 2.45) is 0 Å². The Labute approximate surface area is 172 Å². The fourth-order valence-corrected chi connectivity index (χ4v) is 3.87. The van der Waals surface area contributed by atoms with Gasteiger partial charge in [-0.25, -0.2) is 9.78 Å². The Kier molecular flexibility index (Phi) is 5.86. The van der Waals surface area contributed by atoms with Crippen LogP contribution < -0.4 is 19.8 Å². The van der Waals surface area contributed by atoms with E-state index in [-0.39, 0.29) is 5.89 Å². The monoisotopic (exact) mass is 495 g/mol. The first kappa shape index (κ1) is 19.4. The average Bonchev–Trinajstić information content (AvgIpc) is 2.66. The van der Waals surface area contributed by atoms with Gasteiger partial charge in [-0.3, -0.25) is 0 Å². The van der Waals surface area contributed by atoms with Crippen LogP contribution in [0.1, 0.15) is 11.5 Å². The smallest absolute Gasteiger partial charge is 0.347 e. The highest BCUT2D eigenvalue weighted by Crippen LogP contribution is 2.38. The highest BCUT2D eigenvalue weighted by Gasteiger charge is 2.13. The second-order valence-corrected chi connectivity index (χ2v) is 7.19. The average molecular weight is 497 g/mol. The van der Waals surface area contributed by atoms with Gasteiger partial charge in [-0.2, -0.15) is 0 Å². The number of nitrogens with zero attached hydrogens (tertiary/aromatic N) is 1. The van der Waals surface area contributed by atoms with E-state index in [1.165, 1.54) is 0 Å². The lowest BCUT2D eigenvalue weighted by Gasteiger charge is -2.12. The first-order valence-electron chi connectivity index (χ1n) is 7.74. The van der Waals surface area contributed by atoms with Crippen molar-refractivity contribution < 1.29 is 18.6 Å². The van der Waals surface area contributed by atoms with Crippen molar-refractivity contribution in [3.05, 3.63) is 55.1 Å². The third-order valence-corrected chi connectivity index (χ3v) is 4.84. The van der Waals surface area contributed by atoms with Gasteiger partial charge in [-0.15, -0.1) is 0 Å². The number of aromatic nitrogens is 1. The van der Waals surface area contributed by atoms with Crippen LogP contribution in [0.5, 0.6) is 17.2 Å². The van der Waals surface area contributed by atoms with Crippen LogP contribution in [-0.2, 0) is 0 Å². The summed E-state index contributed by atoms with van der Waals surface area (Å²) in [7, 11) is 4.63. The largest absolute Gasteiger partial charge is 0.493 e. The molecule has 0 fully saturated rings. The van der Waals surface area contributed by atoms with E-state index >= 15 is 0 Å². The molecule has 3 rings (SSSR count). The summed E-state index contributed by atoms with van der Waals surface area (Å²) in [6, 6.07) is 7.06. The second-order valence-electron chi connectivity index (χ2n) is 5.42. The molecule has 0 atom stereocenters. The molecule has 8 heteroatoms. The van der Waals surface area contributed by atoms with Crippen molar-refractivity contribution in [1.29, 1.82) is 0 Å². The van der Waals surface area contributed by atoms with Crippen molar-refractivity contribution in [3.63, 3.8) is 0 Å². The Hall–Kier alpha value is -2.32. The third-order valence-electron chi connectivity index (χ3n) is 3.77. The quantitative estimate of drug-likeness (QED) is 0.499. The number of ether oxygens (including phenoxy) is 3. The molecule has 0 unspecified atom stereocenters. The molecule has 0 N–H and O–H groups in total. The fourth-order valence-electron chi connectivity index (χ4n) is 2.55. The maximum atomic E-state index is 12.3. The van der Waals surface area contributed by atoms with Crippen LogP contribution >= 0.6 is 31.9 Å². The van der Waals surface area contributed by atoms with Gasteiger partial charge in [-0.1, -0.05) is 15.9 Å². The van der Waals surface area contributed by atoms with Crippen molar-refractivity contribution >= 4 is 54.9 Å². The molecule has 0 spiro atoms. The van der Waals surface area contributed by atoms with E-state index in [9.17, 15) is 4.79 Å². The number of hydrogen-bond acceptors (Lipinski definition) is 6. The summed E-state index contributed by atoms with van der Waals surface area (Å²) in [6.07, 6.45) is 3.35. The number of halogens is 2. The van der Waals surface area contributed by atoms with Crippen LogP contribution in [0.4, 0.5) is 0 Å². The van der Waals surface area contributed by atoms with Gasteiger partial charge in [0.1, 0.15) is 0 Å². The van der Waals surface area contributed by atoms with E-state index in [1.54, 1.807) is 51.7 Å². The molecular formula is C19H15Br2NO5. The van der Waals surface area contributed by atoms with Crippen molar-refractivity contribution in [3.8, 4) is 17.2 Å². The summed E-state index contributed by atoms with van der Waals surface area (Å²) in [6.45, 7) is 0. The van der Waals surface area contributed by atoms with Crippen LogP contribution in [0.2, 0.25) is 0 Å².